The minimum Gasteiger partial charge on any atom is -0.350 e. The van der Waals surface area contributed by atoms with Gasteiger partial charge in [-0.2, -0.15) is 0 Å². The summed E-state index contributed by atoms with van der Waals surface area (Å²) in [6.07, 6.45) is 0.914. The quantitative estimate of drug-likeness (QED) is 0.886. The summed E-state index contributed by atoms with van der Waals surface area (Å²) in [5, 5.41) is 2.78. The van der Waals surface area contributed by atoms with E-state index in [4.69, 9.17) is 0 Å². The Balaban J connectivity index is 1.64. The highest BCUT2D eigenvalue weighted by Crippen LogP contribution is 2.42. The number of carbonyl (C=O) groups is 2. The van der Waals surface area contributed by atoms with Gasteiger partial charge in [0, 0.05) is 11.4 Å². The average molecular weight is 364 g/mol. The monoisotopic (exact) mass is 364 g/mol. The number of anilines is 1. The third kappa shape index (κ3) is 3.79. The Hall–Kier alpha value is -1.86. The van der Waals surface area contributed by atoms with E-state index >= 15 is 0 Å². The fraction of sp³-hybridized carbons (Fsp3) is 0.294. The minimum atomic E-state index is -0.307. The molecular formula is C17H17FN2O2S2. The zero-order valence-corrected chi connectivity index (χ0v) is 14.8. The van der Waals surface area contributed by atoms with Crippen LogP contribution in [0.1, 0.15) is 17.4 Å². The van der Waals surface area contributed by atoms with Gasteiger partial charge >= 0.3 is 0 Å². The Bertz CT molecular complexity index is 758. The Labute approximate surface area is 148 Å². The molecule has 0 unspecified atom stereocenters. The van der Waals surface area contributed by atoms with Gasteiger partial charge in [-0.3, -0.25) is 9.59 Å². The van der Waals surface area contributed by atoms with Gasteiger partial charge in [0.2, 0.25) is 11.8 Å². The molecule has 126 valence electrons. The van der Waals surface area contributed by atoms with Gasteiger partial charge in [0.25, 0.3) is 0 Å². The van der Waals surface area contributed by atoms with Crippen LogP contribution in [0.5, 0.6) is 0 Å². The maximum atomic E-state index is 12.9. The molecule has 0 radical (unpaired) electrons. The van der Waals surface area contributed by atoms with Crippen molar-refractivity contribution in [1.82, 2.24) is 5.32 Å². The van der Waals surface area contributed by atoms with Crippen molar-refractivity contribution in [1.29, 1.82) is 0 Å². The van der Waals surface area contributed by atoms with E-state index < -0.39 is 0 Å². The molecule has 7 heteroatoms. The fourth-order valence-corrected chi connectivity index (χ4v) is 4.68. The number of rotatable bonds is 5. The first-order valence-corrected chi connectivity index (χ1v) is 9.44. The van der Waals surface area contributed by atoms with Gasteiger partial charge in [0.1, 0.15) is 12.4 Å². The van der Waals surface area contributed by atoms with E-state index in [9.17, 15) is 14.0 Å². The highest BCUT2D eigenvalue weighted by atomic mass is 32.2. The maximum Gasteiger partial charge on any atom is 0.240 e. The van der Waals surface area contributed by atoms with E-state index in [2.05, 4.69) is 12.2 Å². The number of nitrogens with zero attached hydrogens (tertiary/aromatic N) is 1. The number of hydrogen-bond donors (Lipinski definition) is 1. The van der Waals surface area contributed by atoms with E-state index in [-0.39, 0.29) is 24.2 Å². The van der Waals surface area contributed by atoms with Crippen LogP contribution in [0, 0.1) is 5.82 Å². The van der Waals surface area contributed by atoms with Gasteiger partial charge in [-0.15, -0.1) is 23.1 Å². The summed E-state index contributed by atoms with van der Waals surface area (Å²) in [5.41, 5.74) is 1.66. The number of thioether (sulfide) groups is 1. The van der Waals surface area contributed by atoms with Crippen LogP contribution in [0.25, 0.3) is 0 Å². The lowest BCUT2D eigenvalue weighted by Crippen LogP contribution is -2.42. The topological polar surface area (TPSA) is 49.4 Å². The number of thiophene rings is 1. The van der Waals surface area contributed by atoms with Gasteiger partial charge in [-0.1, -0.05) is 19.1 Å². The highest BCUT2D eigenvalue weighted by molar-refractivity contribution is 8.02. The normalized spacial score (nSPS) is 13.8. The van der Waals surface area contributed by atoms with Crippen molar-refractivity contribution in [3.05, 3.63) is 46.6 Å². The first-order chi connectivity index (χ1) is 11.6. The molecule has 0 saturated carbocycles. The second kappa shape index (κ2) is 7.36. The summed E-state index contributed by atoms with van der Waals surface area (Å²) >= 11 is 3.22. The van der Waals surface area contributed by atoms with Gasteiger partial charge < -0.3 is 10.2 Å². The van der Waals surface area contributed by atoms with Crippen LogP contribution in [0.3, 0.4) is 0 Å². The molecule has 2 amide bonds. The van der Waals surface area contributed by atoms with Crippen LogP contribution in [0.15, 0.2) is 34.5 Å². The first-order valence-electron chi connectivity index (χ1n) is 7.64. The van der Waals surface area contributed by atoms with Crippen molar-refractivity contribution < 1.29 is 14.0 Å². The molecule has 1 aromatic heterocycles. The number of hydrogen-bond acceptors (Lipinski definition) is 4. The van der Waals surface area contributed by atoms with Crippen LogP contribution in [0.4, 0.5) is 10.1 Å². The van der Waals surface area contributed by atoms with Crippen molar-refractivity contribution in [2.45, 2.75) is 24.1 Å². The van der Waals surface area contributed by atoms with Gasteiger partial charge in [0.05, 0.1) is 15.6 Å². The number of benzene rings is 1. The molecule has 0 atom stereocenters. The van der Waals surface area contributed by atoms with E-state index in [0.29, 0.717) is 12.3 Å². The van der Waals surface area contributed by atoms with E-state index in [1.807, 2.05) is 6.07 Å². The lowest BCUT2D eigenvalue weighted by molar-refractivity contribution is -0.123. The fourth-order valence-electron chi connectivity index (χ4n) is 2.39. The van der Waals surface area contributed by atoms with Crippen molar-refractivity contribution >= 4 is 40.6 Å². The number of fused-ring (bicyclic) bond motifs is 1. The zero-order chi connectivity index (χ0) is 17.1. The van der Waals surface area contributed by atoms with Crippen LogP contribution in [-0.4, -0.2) is 24.1 Å². The Morgan fingerprint density at radius 3 is 2.79 bits per heavy atom. The first kappa shape index (κ1) is 17.0. The molecule has 1 aromatic carbocycles. The summed E-state index contributed by atoms with van der Waals surface area (Å²) in [7, 11) is 0. The van der Waals surface area contributed by atoms with Crippen molar-refractivity contribution in [2.75, 3.05) is 17.2 Å². The number of amides is 2. The van der Waals surface area contributed by atoms with E-state index in [1.165, 1.54) is 28.8 Å². The largest absolute Gasteiger partial charge is 0.350 e. The lowest BCUT2D eigenvalue weighted by atomic mass is 10.2. The lowest BCUT2D eigenvalue weighted by Gasteiger charge is -2.25. The van der Waals surface area contributed by atoms with Crippen LogP contribution in [0.2, 0.25) is 0 Å². The predicted molar refractivity (Wildman–Crippen MR) is 95.0 cm³/mol. The summed E-state index contributed by atoms with van der Waals surface area (Å²) in [6, 6.07) is 7.97. The second-order valence-electron chi connectivity index (χ2n) is 5.41. The molecule has 4 nitrogen and oxygen atoms in total. The number of nitrogens with one attached hydrogen (secondary N) is 1. The molecule has 0 bridgehead atoms. The summed E-state index contributed by atoms with van der Waals surface area (Å²) < 4.78 is 14.0. The highest BCUT2D eigenvalue weighted by Gasteiger charge is 2.28. The van der Waals surface area contributed by atoms with Gasteiger partial charge in [-0.05, 0) is 30.2 Å². The molecular weight excluding hydrogens is 347 g/mol. The van der Waals surface area contributed by atoms with Crippen molar-refractivity contribution in [3.63, 3.8) is 0 Å². The van der Waals surface area contributed by atoms with Crippen LogP contribution >= 0.6 is 23.1 Å². The predicted octanol–water partition coefficient (Wildman–Crippen LogP) is 3.20. The Kier molecular flexibility index (Phi) is 5.20. The number of carbonyl (C=O) groups excluding carboxylic acids is 2. The van der Waals surface area contributed by atoms with E-state index in [0.717, 1.165) is 21.9 Å². The van der Waals surface area contributed by atoms with Crippen molar-refractivity contribution in [2.24, 2.45) is 0 Å². The average Bonchev–Trinajstić information content (AvgIpc) is 3.00. The molecule has 1 aliphatic rings. The Morgan fingerprint density at radius 1 is 1.33 bits per heavy atom. The zero-order valence-electron chi connectivity index (χ0n) is 13.2. The van der Waals surface area contributed by atoms with Crippen molar-refractivity contribution in [3.8, 4) is 0 Å². The van der Waals surface area contributed by atoms with Crippen LogP contribution in [-0.2, 0) is 22.6 Å². The smallest absolute Gasteiger partial charge is 0.240 e. The SMILES string of the molecule is CCc1cc2c(s1)SCC(=O)N2CC(=O)NCc1ccc(F)cc1. The molecule has 1 aliphatic heterocycles. The molecule has 0 fully saturated rings. The molecule has 0 aliphatic carbocycles. The summed E-state index contributed by atoms with van der Waals surface area (Å²) in [4.78, 5) is 27.2. The Morgan fingerprint density at radius 2 is 2.08 bits per heavy atom. The van der Waals surface area contributed by atoms with Gasteiger partial charge in [0.15, 0.2) is 0 Å². The molecule has 1 N–H and O–H groups in total. The van der Waals surface area contributed by atoms with E-state index in [1.54, 1.807) is 28.4 Å². The maximum absolute atomic E-state index is 12.9. The van der Waals surface area contributed by atoms with Gasteiger partial charge in [-0.25, -0.2) is 4.39 Å². The molecule has 0 saturated heterocycles. The third-order valence-electron chi connectivity index (χ3n) is 3.70. The number of halogens is 1. The van der Waals surface area contributed by atoms with Crippen LogP contribution < -0.4 is 10.2 Å². The summed E-state index contributed by atoms with van der Waals surface area (Å²) in [5.74, 6) is -0.222. The minimum absolute atomic E-state index is 0.00742. The molecule has 24 heavy (non-hydrogen) atoms. The third-order valence-corrected chi connectivity index (χ3v) is 6.23. The molecule has 2 aromatic rings. The summed E-state index contributed by atoms with van der Waals surface area (Å²) in [6.45, 7) is 2.39. The second-order valence-corrected chi connectivity index (χ2v) is 7.79. The molecule has 2 heterocycles. The standard InChI is InChI=1S/C17H17FN2O2S2/c1-2-13-7-14-17(24-13)23-10-16(22)20(14)9-15(21)19-8-11-3-5-12(18)6-4-11/h3-7H,2,8-10H2,1H3,(H,19,21). The molecule has 3 rings (SSSR count). The number of aryl methyl sites for hydroxylation is 1. The molecule has 0 spiro atoms.